The molecule has 2 atom stereocenters. The molecule has 1 heterocycles. The fourth-order valence-electron chi connectivity index (χ4n) is 2.67. The lowest BCUT2D eigenvalue weighted by molar-refractivity contribution is -0.384. The van der Waals surface area contributed by atoms with Crippen LogP contribution < -0.4 is 5.32 Å². The first-order valence-corrected chi connectivity index (χ1v) is 6.76. The number of hydrogen-bond donors (Lipinski definition) is 1. The maximum Gasteiger partial charge on any atom is 0.269 e. The molecule has 0 amide bonds. The van der Waals surface area contributed by atoms with Crippen LogP contribution in [-0.4, -0.2) is 36.0 Å². The van der Waals surface area contributed by atoms with Gasteiger partial charge in [0.05, 0.1) is 4.92 Å². The fourth-order valence-corrected chi connectivity index (χ4v) is 2.67. The summed E-state index contributed by atoms with van der Waals surface area (Å²) in [5.41, 5.74) is 1.09. The van der Waals surface area contributed by atoms with Crippen LogP contribution in [0.5, 0.6) is 0 Å². The number of nitrogens with zero attached hydrogens (tertiary/aromatic N) is 2. The molecule has 1 aromatic carbocycles. The largest absolute Gasteiger partial charge is 0.382 e. The maximum absolute atomic E-state index is 10.6. The van der Waals surface area contributed by atoms with Crippen LogP contribution in [0, 0.1) is 16.0 Å². The monoisotopic (exact) mass is 263 g/mol. The van der Waals surface area contributed by atoms with Crippen LogP contribution >= 0.6 is 0 Å². The van der Waals surface area contributed by atoms with E-state index in [2.05, 4.69) is 24.2 Å². The molecule has 1 aliphatic heterocycles. The van der Waals surface area contributed by atoms with Gasteiger partial charge in [-0.1, -0.05) is 0 Å². The van der Waals surface area contributed by atoms with E-state index in [1.54, 1.807) is 24.3 Å². The molecule has 0 saturated carbocycles. The Bertz CT molecular complexity index is 433. The smallest absolute Gasteiger partial charge is 0.269 e. The number of benzene rings is 1. The third-order valence-electron chi connectivity index (χ3n) is 3.84. The van der Waals surface area contributed by atoms with E-state index in [-0.39, 0.29) is 10.6 Å². The quantitative estimate of drug-likeness (QED) is 0.670. The van der Waals surface area contributed by atoms with E-state index in [1.807, 2.05) is 0 Å². The van der Waals surface area contributed by atoms with E-state index in [4.69, 9.17) is 0 Å². The number of anilines is 1. The van der Waals surface area contributed by atoms with Gasteiger partial charge in [0.15, 0.2) is 0 Å². The van der Waals surface area contributed by atoms with Gasteiger partial charge in [0.1, 0.15) is 0 Å². The third kappa shape index (κ3) is 3.67. The average molecular weight is 263 g/mol. The molecule has 5 heteroatoms. The Morgan fingerprint density at radius 3 is 2.68 bits per heavy atom. The molecule has 1 aromatic rings. The predicted octanol–water partition coefficient (Wildman–Crippen LogP) is 2.74. The summed E-state index contributed by atoms with van der Waals surface area (Å²) in [5, 5.41) is 14.0. The van der Waals surface area contributed by atoms with Crippen molar-refractivity contribution in [2.75, 3.05) is 25.5 Å². The molecule has 0 aromatic heterocycles. The van der Waals surface area contributed by atoms with Crippen molar-refractivity contribution in [1.82, 2.24) is 4.90 Å². The van der Waals surface area contributed by atoms with E-state index in [0.29, 0.717) is 12.0 Å². The van der Waals surface area contributed by atoms with Crippen LogP contribution in [0.3, 0.4) is 0 Å². The van der Waals surface area contributed by atoms with E-state index < -0.39 is 0 Å². The van der Waals surface area contributed by atoms with Gasteiger partial charge in [-0.05, 0) is 51.4 Å². The molecule has 0 bridgehead atoms. The molecule has 1 saturated heterocycles. The molecule has 0 spiro atoms. The molecule has 1 aliphatic rings. The first kappa shape index (κ1) is 13.8. The summed E-state index contributed by atoms with van der Waals surface area (Å²) in [6.07, 6.45) is 2.49. The lowest BCUT2D eigenvalue weighted by Gasteiger charge is -2.34. The van der Waals surface area contributed by atoms with Gasteiger partial charge < -0.3 is 10.2 Å². The zero-order valence-corrected chi connectivity index (χ0v) is 11.5. The first-order valence-electron chi connectivity index (χ1n) is 6.76. The van der Waals surface area contributed by atoms with Gasteiger partial charge in [-0.3, -0.25) is 10.1 Å². The van der Waals surface area contributed by atoms with E-state index >= 15 is 0 Å². The molecule has 104 valence electrons. The van der Waals surface area contributed by atoms with Crippen molar-refractivity contribution in [1.29, 1.82) is 0 Å². The first-order chi connectivity index (χ1) is 9.06. The van der Waals surface area contributed by atoms with Crippen LogP contribution in [-0.2, 0) is 0 Å². The van der Waals surface area contributed by atoms with Gasteiger partial charge in [0, 0.05) is 30.4 Å². The summed E-state index contributed by atoms with van der Waals surface area (Å²) in [7, 11) is 2.16. The number of nitro groups is 1. The number of piperidine rings is 1. The Hall–Kier alpha value is -1.62. The molecule has 1 N–H and O–H groups in total. The minimum absolute atomic E-state index is 0.135. The topological polar surface area (TPSA) is 58.4 Å². The Labute approximate surface area is 113 Å². The van der Waals surface area contributed by atoms with E-state index in [1.165, 1.54) is 19.4 Å². The Morgan fingerprint density at radius 2 is 2.11 bits per heavy atom. The number of rotatable bonds is 4. The number of non-ortho nitro benzene ring substituents is 1. The summed E-state index contributed by atoms with van der Waals surface area (Å²) in [6.45, 7) is 4.48. The van der Waals surface area contributed by atoms with Crippen LogP contribution in [0.25, 0.3) is 0 Å². The number of nitro benzene ring substituents is 1. The van der Waals surface area contributed by atoms with Crippen LogP contribution in [0.15, 0.2) is 24.3 Å². The molecule has 2 unspecified atom stereocenters. The molecule has 19 heavy (non-hydrogen) atoms. The molecule has 0 aliphatic carbocycles. The summed E-state index contributed by atoms with van der Waals surface area (Å²) in [5.74, 6) is 0.633. The van der Waals surface area contributed by atoms with Crippen molar-refractivity contribution in [3.8, 4) is 0 Å². The minimum atomic E-state index is -0.372. The van der Waals surface area contributed by atoms with E-state index in [0.717, 1.165) is 12.2 Å². The lowest BCUT2D eigenvalue weighted by Crippen LogP contribution is -2.39. The molecular formula is C14H21N3O2. The summed E-state index contributed by atoms with van der Waals surface area (Å²) >= 11 is 0. The van der Waals surface area contributed by atoms with Gasteiger partial charge in [-0.25, -0.2) is 0 Å². The lowest BCUT2D eigenvalue weighted by atomic mass is 9.92. The number of hydrogen-bond acceptors (Lipinski definition) is 4. The standard InChI is InChI=1S/C14H21N3O2/c1-11(12-4-3-9-16(2)10-12)15-13-5-7-14(8-6-13)17(18)19/h5-8,11-12,15H,3-4,9-10H2,1-2H3. The highest BCUT2D eigenvalue weighted by molar-refractivity contribution is 5.49. The molecule has 0 radical (unpaired) electrons. The van der Waals surface area contributed by atoms with Gasteiger partial charge in [-0.15, -0.1) is 0 Å². The Kier molecular flexibility index (Phi) is 4.37. The highest BCUT2D eigenvalue weighted by Crippen LogP contribution is 2.22. The van der Waals surface area contributed by atoms with Crippen molar-refractivity contribution in [2.24, 2.45) is 5.92 Å². The maximum atomic E-state index is 10.6. The number of nitrogens with one attached hydrogen (secondary N) is 1. The second-order valence-electron chi connectivity index (χ2n) is 5.40. The summed E-state index contributed by atoms with van der Waals surface area (Å²) < 4.78 is 0. The second kappa shape index (κ2) is 6.02. The van der Waals surface area contributed by atoms with E-state index in [9.17, 15) is 10.1 Å². The summed E-state index contributed by atoms with van der Waals surface area (Å²) in [4.78, 5) is 12.6. The third-order valence-corrected chi connectivity index (χ3v) is 3.84. The SMILES string of the molecule is CC(Nc1ccc([N+](=O)[O-])cc1)C1CCCN(C)C1. The Morgan fingerprint density at radius 1 is 1.42 bits per heavy atom. The van der Waals surface area contributed by atoms with Gasteiger partial charge in [0.25, 0.3) is 5.69 Å². The van der Waals surface area contributed by atoms with Gasteiger partial charge in [-0.2, -0.15) is 0 Å². The van der Waals surface area contributed by atoms with Crippen molar-refractivity contribution in [3.63, 3.8) is 0 Å². The fraction of sp³-hybridized carbons (Fsp3) is 0.571. The second-order valence-corrected chi connectivity index (χ2v) is 5.40. The summed E-state index contributed by atoms with van der Waals surface area (Å²) in [6, 6.07) is 7.02. The number of likely N-dealkylation sites (tertiary alicyclic amines) is 1. The highest BCUT2D eigenvalue weighted by atomic mass is 16.6. The molecule has 2 rings (SSSR count). The molecule has 5 nitrogen and oxygen atoms in total. The predicted molar refractivity (Wildman–Crippen MR) is 76.4 cm³/mol. The van der Waals surface area contributed by atoms with Crippen molar-refractivity contribution in [2.45, 2.75) is 25.8 Å². The van der Waals surface area contributed by atoms with Crippen molar-refractivity contribution in [3.05, 3.63) is 34.4 Å². The van der Waals surface area contributed by atoms with Crippen LogP contribution in [0.4, 0.5) is 11.4 Å². The van der Waals surface area contributed by atoms with Crippen molar-refractivity contribution >= 4 is 11.4 Å². The van der Waals surface area contributed by atoms with Gasteiger partial charge >= 0.3 is 0 Å². The molecule has 1 fully saturated rings. The average Bonchev–Trinajstić information content (AvgIpc) is 2.39. The van der Waals surface area contributed by atoms with Gasteiger partial charge in [0.2, 0.25) is 0 Å². The Balaban J connectivity index is 1.94. The highest BCUT2D eigenvalue weighted by Gasteiger charge is 2.22. The van der Waals surface area contributed by atoms with Crippen LogP contribution in [0.1, 0.15) is 19.8 Å². The van der Waals surface area contributed by atoms with Crippen molar-refractivity contribution < 1.29 is 4.92 Å². The minimum Gasteiger partial charge on any atom is -0.382 e. The zero-order chi connectivity index (χ0) is 13.8. The molecular weight excluding hydrogens is 242 g/mol. The van der Waals surface area contributed by atoms with Crippen LogP contribution in [0.2, 0.25) is 0 Å². The zero-order valence-electron chi connectivity index (χ0n) is 11.5. The normalized spacial score (nSPS) is 21.9.